The van der Waals surface area contributed by atoms with Gasteiger partial charge in [0.1, 0.15) is 17.7 Å². The quantitative estimate of drug-likeness (QED) is 0.334. The zero-order valence-corrected chi connectivity index (χ0v) is 17.8. The Kier molecular flexibility index (Phi) is 6.84. The molecule has 3 aromatic rings. The van der Waals surface area contributed by atoms with E-state index in [0.29, 0.717) is 17.4 Å². The number of piperidine rings is 1. The van der Waals surface area contributed by atoms with Crippen LogP contribution >= 0.6 is 0 Å². The Morgan fingerprint density at radius 2 is 1.87 bits per heavy atom. The molecule has 0 spiro atoms. The van der Waals surface area contributed by atoms with Crippen LogP contribution in [-0.2, 0) is 18.0 Å². The molecule has 31 heavy (non-hydrogen) atoms. The molecule has 4 rings (SSSR count). The van der Waals surface area contributed by atoms with Crippen molar-refractivity contribution in [3.8, 4) is 17.2 Å². The van der Waals surface area contributed by atoms with Gasteiger partial charge in [0.2, 0.25) is 5.89 Å². The van der Waals surface area contributed by atoms with E-state index in [1.807, 2.05) is 42.5 Å². The van der Waals surface area contributed by atoms with Crippen molar-refractivity contribution in [1.29, 1.82) is 0 Å². The summed E-state index contributed by atoms with van der Waals surface area (Å²) >= 11 is 0. The van der Waals surface area contributed by atoms with Crippen LogP contribution in [0.5, 0.6) is 5.75 Å². The second kappa shape index (κ2) is 10.1. The van der Waals surface area contributed by atoms with Gasteiger partial charge in [-0.3, -0.25) is 4.90 Å². The van der Waals surface area contributed by atoms with Crippen LogP contribution in [0.1, 0.15) is 36.1 Å². The van der Waals surface area contributed by atoms with Crippen molar-refractivity contribution in [2.24, 2.45) is 10.9 Å². The molecule has 1 saturated heterocycles. The number of oxazole rings is 1. The number of hydrogen-bond acceptors (Lipinski definition) is 6. The maximum absolute atomic E-state index is 6.24. The average molecular weight is 421 g/mol. The minimum absolute atomic E-state index is 0.175. The summed E-state index contributed by atoms with van der Waals surface area (Å²) in [5, 5.41) is 4.13. The van der Waals surface area contributed by atoms with Crippen molar-refractivity contribution in [1.82, 2.24) is 9.88 Å². The Bertz CT molecular complexity index is 1010. The van der Waals surface area contributed by atoms with E-state index in [0.717, 1.165) is 42.1 Å². The second-order valence-electron chi connectivity index (χ2n) is 7.62. The number of oxime groups is 1. The van der Waals surface area contributed by atoms with E-state index >= 15 is 0 Å². The lowest BCUT2D eigenvalue weighted by Crippen LogP contribution is -2.30. The van der Waals surface area contributed by atoms with E-state index in [1.165, 1.54) is 19.3 Å². The molecule has 7 nitrogen and oxygen atoms in total. The highest BCUT2D eigenvalue weighted by atomic mass is 16.6. The third-order valence-corrected chi connectivity index (χ3v) is 5.40. The maximum atomic E-state index is 6.24. The van der Waals surface area contributed by atoms with Crippen molar-refractivity contribution >= 4 is 5.84 Å². The Labute approximate surface area is 182 Å². The maximum Gasteiger partial charge on any atom is 0.226 e. The van der Waals surface area contributed by atoms with Crippen LogP contribution in [0.2, 0.25) is 0 Å². The van der Waals surface area contributed by atoms with E-state index in [4.69, 9.17) is 19.7 Å². The van der Waals surface area contributed by atoms with E-state index in [-0.39, 0.29) is 6.61 Å². The summed E-state index contributed by atoms with van der Waals surface area (Å²) in [7, 11) is 1.63. The van der Waals surface area contributed by atoms with Crippen LogP contribution < -0.4 is 10.5 Å². The van der Waals surface area contributed by atoms with Gasteiger partial charge < -0.3 is 19.7 Å². The first-order valence-corrected chi connectivity index (χ1v) is 10.6. The number of methoxy groups -OCH3 is 1. The van der Waals surface area contributed by atoms with Crippen molar-refractivity contribution in [3.63, 3.8) is 0 Å². The minimum Gasteiger partial charge on any atom is -0.497 e. The van der Waals surface area contributed by atoms with Gasteiger partial charge in [0.15, 0.2) is 12.4 Å². The van der Waals surface area contributed by atoms with E-state index < -0.39 is 0 Å². The van der Waals surface area contributed by atoms with Crippen LogP contribution in [0, 0.1) is 0 Å². The summed E-state index contributed by atoms with van der Waals surface area (Å²) in [5.41, 5.74) is 9.82. The van der Waals surface area contributed by atoms with Gasteiger partial charge in [-0.15, -0.1) is 0 Å². The third-order valence-electron chi connectivity index (χ3n) is 5.40. The van der Waals surface area contributed by atoms with Crippen molar-refractivity contribution in [3.05, 3.63) is 71.6 Å². The molecule has 7 heteroatoms. The monoisotopic (exact) mass is 420 g/mol. The van der Waals surface area contributed by atoms with Gasteiger partial charge in [0.05, 0.1) is 7.11 Å². The smallest absolute Gasteiger partial charge is 0.226 e. The predicted octanol–water partition coefficient (Wildman–Crippen LogP) is 4.17. The fourth-order valence-electron chi connectivity index (χ4n) is 3.72. The number of aromatic nitrogens is 1. The lowest BCUT2D eigenvalue weighted by atomic mass is 10.0. The number of ether oxygens (including phenoxy) is 1. The Morgan fingerprint density at radius 1 is 1.10 bits per heavy atom. The van der Waals surface area contributed by atoms with Crippen molar-refractivity contribution < 1.29 is 14.0 Å². The summed E-state index contributed by atoms with van der Waals surface area (Å²) in [6.07, 6.45) is 5.39. The van der Waals surface area contributed by atoms with Crippen molar-refractivity contribution in [2.75, 3.05) is 20.2 Å². The van der Waals surface area contributed by atoms with Gasteiger partial charge >= 0.3 is 0 Å². The molecule has 0 saturated carbocycles. The number of nitrogens with zero attached hydrogens (tertiary/aromatic N) is 3. The number of hydrogen-bond donors (Lipinski definition) is 1. The molecular formula is C24H28N4O3. The summed E-state index contributed by atoms with van der Waals surface area (Å²) in [5.74, 6) is 1.67. The number of amidine groups is 1. The molecule has 2 N–H and O–H groups in total. The molecule has 0 aliphatic carbocycles. The molecule has 0 unspecified atom stereocenters. The normalized spacial score (nSPS) is 15.1. The fourth-order valence-corrected chi connectivity index (χ4v) is 3.72. The van der Waals surface area contributed by atoms with E-state index in [9.17, 15) is 0 Å². The number of nitrogens with two attached hydrogens (primary N) is 1. The van der Waals surface area contributed by atoms with Gasteiger partial charge in [-0.2, -0.15) is 0 Å². The van der Waals surface area contributed by atoms with Crippen LogP contribution in [0.4, 0.5) is 0 Å². The first-order valence-electron chi connectivity index (χ1n) is 10.6. The van der Waals surface area contributed by atoms with Crippen LogP contribution in [0.25, 0.3) is 11.5 Å². The summed E-state index contributed by atoms with van der Waals surface area (Å²) < 4.78 is 10.7. The van der Waals surface area contributed by atoms with Gasteiger partial charge in [0, 0.05) is 17.7 Å². The van der Waals surface area contributed by atoms with Gasteiger partial charge in [-0.05, 0) is 55.8 Å². The SMILES string of the molecule is COc1ccc(-c2nc(CO/N=C(/N)c3ccccc3CN3CCCCC3)co2)cc1. The van der Waals surface area contributed by atoms with Gasteiger partial charge in [0.25, 0.3) is 0 Å². The molecule has 0 atom stereocenters. The first kappa shape index (κ1) is 20.9. The molecule has 2 aromatic carbocycles. The lowest BCUT2D eigenvalue weighted by Gasteiger charge is -2.27. The average Bonchev–Trinajstić information content (AvgIpc) is 3.29. The first-order chi connectivity index (χ1) is 15.2. The summed E-state index contributed by atoms with van der Waals surface area (Å²) in [6.45, 7) is 3.31. The molecular weight excluding hydrogens is 392 g/mol. The molecule has 0 radical (unpaired) electrons. The zero-order chi connectivity index (χ0) is 21.5. The highest BCUT2D eigenvalue weighted by Gasteiger charge is 2.14. The predicted molar refractivity (Wildman–Crippen MR) is 120 cm³/mol. The highest BCUT2D eigenvalue weighted by molar-refractivity contribution is 5.98. The van der Waals surface area contributed by atoms with Crippen molar-refractivity contribution in [2.45, 2.75) is 32.4 Å². The highest BCUT2D eigenvalue weighted by Crippen LogP contribution is 2.22. The van der Waals surface area contributed by atoms with E-state index in [2.05, 4.69) is 21.1 Å². The van der Waals surface area contributed by atoms with Crippen LogP contribution in [0.3, 0.4) is 0 Å². The van der Waals surface area contributed by atoms with Crippen LogP contribution in [-0.4, -0.2) is 35.9 Å². The minimum atomic E-state index is 0.175. The largest absolute Gasteiger partial charge is 0.497 e. The number of likely N-dealkylation sites (tertiary alicyclic amines) is 1. The molecule has 162 valence electrons. The fraction of sp³-hybridized carbons (Fsp3) is 0.333. The Morgan fingerprint density at radius 3 is 2.65 bits per heavy atom. The molecule has 1 aliphatic heterocycles. The zero-order valence-electron chi connectivity index (χ0n) is 17.8. The Hall–Kier alpha value is -3.32. The third kappa shape index (κ3) is 5.44. The molecule has 0 amide bonds. The number of rotatable bonds is 8. The van der Waals surface area contributed by atoms with Gasteiger partial charge in [-0.1, -0.05) is 35.8 Å². The molecule has 1 aromatic heterocycles. The standard InChI is InChI=1S/C24H28N4O3/c1-29-21-11-9-18(10-12-21)24-26-20(16-30-24)17-31-27-23(25)22-8-4-3-7-19(22)15-28-13-5-2-6-14-28/h3-4,7-12,16H,2,5-6,13-15,17H2,1H3,(H2,25,27). The van der Waals surface area contributed by atoms with Gasteiger partial charge in [-0.25, -0.2) is 4.98 Å². The molecule has 1 aliphatic rings. The van der Waals surface area contributed by atoms with Crippen LogP contribution in [0.15, 0.2) is 64.4 Å². The molecule has 0 bridgehead atoms. The van der Waals surface area contributed by atoms with E-state index in [1.54, 1.807) is 13.4 Å². The number of benzene rings is 2. The summed E-state index contributed by atoms with van der Waals surface area (Å²) in [6, 6.07) is 15.6. The second-order valence-corrected chi connectivity index (χ2v) is 7.62. The Balaban J connectivity index is 1.37. The molecule has 2 heterocycles. The lowest BCUT2D eigenvalue weighted by molar-refractivity contribution is 0.127. The molecule has 1 fully saturated rings. The summed E-state index contributed by atoms with van der Waals surface area (Å²) in [4.78, 5) is 12.4. The topological polar surface area (TPSA) is 86.1 Å².